The van der Waals surface area contributed by atoms with E-state index in [0.717, 1.165) is 6.42 Å². The van der Waals surface area contributed by atoms with Crippen LogP contribution in [0, 0.1) is 5.92 Å². The number of likely N-dealkylation sites (tertiary alicyclic amines) is 1. The van der Waals surface area contributed by atoms with Crippen LogP contribution in [0.5, 0.6) is 0 Å². The fourth-order valence-electron chi connectivity index (χ4n) is 2.37. The lowest BCUT2D eigenvalue weighted by Crippen LogP contribution is -2.46. The standard InChI is InChI=1S/C13H19ClN4O2/c1-8-3-4-18(7-11(8)20-2)13(19)9-5-10(14)12(17-15)16-6-9/h5-6,8,11H,3-4,7,15H2,1-2H3,(H,16,17). The van der Waals surface area contributed by atoms with E-state index in [4.69, 9.17) is 22.2 Å². The molecule has 7 heteroatoms. The second kappa shape index (κ2) is 6.39. The zero-order chi connectivity index (χ0) is 14.7. The number of nitrogens with zero attached hydrogens (tertiary/aromatic N) is 2. The number of hydrogen-bond donors (Lipinski definition) is 2. The van der Waals surface area contributed by atoms with E-state index in [1.807, 2.05) is 0 Å². The molecule has 1 aromatic heterocycles. The number of hydrazine groups is 1. The molecule has 1 aliphatic rings. The van der Waals surface area contributed by atoms with Crippen LogP contribution < -0.4 is 11.3 Å². The van der Waals surface area contributed by atoms with E-state index < -0.39 is 0 Å². The van der Waals surface area contributed by atoms with Crippen LogP contribution in [0.25, 0.3) is 0 Å². The van der Waals surface area contributed by atoms with E-state index >= 15 is 0 Å². The van der Waals surface area contributed by atoms with E-state index in [1.165, 1.54) is 6.20 Å². The highest BCUT2D eigenvalue weighted by molar-refractivity contribution is 6.33. The number of methoxy groups -OCH3 is 1. The Hall–Kier alpha value is -1.37. The van der Waals surface area contributed by atoms with E-state index in [1.54, 1.807) is 18.1 Å². The average molecular weight is 299 g/mol. The first kappa shape index (κ1) is 15.0. The van der Waals surface area contributed by atoms with Gasteiger partial charge in [-0.3, -0.25) is 4.79 Å². The molecule has 0 bridgehead atoms. The molecule has 110 valence electrons. The van der Waals surface area contributed by atoms with Crippen molar-refractivity contribution in [3.05, 3.63) is 22.8 Å². The molecule has 1 saturated heterocycles. The summed E-state index contributed by atoms with van der Waals surface area (Å²) in [5.74, 6) is 5.98. The molecule has 2 atom stereocenters. The first-order chi connectivity index (χ1) is 9.56. The Morgan fingerprint density at radius 1 is 1.65 bits per heavy atom. The summed E-state index contributed by atoms with van der Waals surface area (Å²) in [4.78, 5) is 18.2. The van der Waals surface area contributed by atoms with Crippen molar-refractivity contribution in [2.75, 3.05) is 25.6 Å². The lowest BCUT2D eigenvalue weighted by Gasteiger charge is -2.36. The number of nitrogens with one attached hydrogen (secondary N) is 1. The molecule has 1 fully saturated rings. The maximum Gasteiger partial charge on any atom is 0.255 e. The number of amides is 1. The molecule has 20 heavy (non-hydrogen) atoms. The normalized spacial score (nSPS) is 22.7. The highest BCUT2D eigenvalue weighted by Crippen LogP contribution is 2.23. The van der Waals surface area contributed by atoms with Crippen LogP contribution in [-0.4, -0.2) is 42.1 Å². The number of ether oxygens (including phenoxy) is 1. The first-order valence-electron chi connectivity index (χ1n) is 6.51. The van der Waals surface area contributed by atoms with Crippen LogP contribution in [0.4, 0.5) is 5.82 Å². The minimum atomic E-state index is -0.0862. The fourth-order valence-corrected chi connectivity index (χ4v) is 2.59. The summed E-state index contributed by atoms with van der Waals surface area (Å²) in [5.41, 5.74) is 2.83. The SMILES string of the molecule is COC1CN(C(=O)c2cnc(NN)c(Cl)c2)CCC1C. The van der Waals surface area contributed by atoms with Crippen molar-refractivity contribution >= 4 is 23.3 Å². The summed E-state index contributed by atoms with van der Waals surface area (Å²) in [6, 6.07) is 1.58. The van der Waals surface area contributed by atoms with Gasteiger partial charge in [0.15, 0.2) is 5.82 Å². The van der Waals surface area contributed by atoms with Gasteiger partial charge < -0.3 is 15.1 Å². The molecular weight excluding hydrogens is 280 g/mol. The van der Waals surface area contributed by atoms with Gasteiger partial charge in [0.05, 0.1) is 16.7 Å². The monoisotopic (exact) mass is 298 g/mol. The molecule has 0 saturated carbocycles. The summed E-state index contributed by atoms with van der Waals surface area (Å²) in [7, 11) is 1.68. The number of pyridine rings is 1. The minimum Gasteiger partial charge on any atom is -0.379 e. The van der Waals surface area contributed by atoms with Crippen molar-refractivity contribution < 1.29 is 9.53 Å². The zero-order valence-corrected chi connectivity index (χ0v) is 12.4. The largest absolute Gasteiger partial charge is 0.379 e. The van der Waals surface area contributed by atoms with Gasteiger partial charge in [0.1, 0.15) is 0 Å². The van der Waals surface area contributed by atoms with Gasteiger partial charge >= 0.3 is 0 Å². The van der Waals surface area contributed by atoms with Gasteiger partial charge in [-0.2, -0.15) is 0 Å². The van der Waals surface area contributed by atoms with Crippen molar-refractivity contribution in [1.82, 2.24) is 9.88 Å². The molecular formula is C13H19ClN4O2. The minimum absolute atomic E-state index is 0.0705. The molecule has 2 unspecified atom stereocenters. The molecule has 0 aliphatic carbocycles. The van der Waals surface area contributed by atoms with Crippen LogP contribution in [0.3, 0.4) is 0 Å². The van der Waals surface area contributed by atoms with Crippen molar-refractivity contribution in [1.29, 1.82) is 0 Å². The molecule has 0 aromatic carbocycles. The third-order valence-corrected chi connectivity index (χ3v) is 3.99. The number of nitrogens with two attached hydrogens (primary N) is 1. The second-order valence-electron chi connectivity index (χ2n) is 4.99. The predicted octanol–water partition coefficient (Wildman–Crippen LogP) is 1.52. The Morgan fingerprint density at radius 2 is 2.40 bits per heavy atom. The van der Waals surface area contributed by atoms with Crippen molar-refractivity contribution in [2.45, 2.75) is 19.4 Å². The number of piperidine rings is 1. The quantitative estimate of drug-likeness (QED) is 0.653. The molecule has 2 rings (SSSR count). The topological polar surface area (TPSA) is 80.5 Å². The number of nitrogen functional groups attached to an aromatic ring is 1. The smallest absolute Gasteiger partial charge is 0.255 e. The summed E-state index contributed by atoms with van der Waals surface area (Å²) in [6.45, 7) is 3.44. The first-order valence-corrected chi connectivity index (χ1v) is 6.88. The van der Waals surface area contributed by atoms with E-state index in [9.17, 15) is 4.79 Å². The van der Waals surface area contributed by atoms with Gasteiger partial charge in [0.25, 0.3) is 5.91 Å². The number of hydrogen-bond acceptors (Lipinski definition) is 5. The zero-order valence-electron chi connectivity index (χ0n) is 11.6. The van der Waals surface area contributed by atoms with E-state index in [-0.39, 0.29) is 12.0 Å². The van der Waals surface area contributed by atoms with Gasteiger partial charge in [-0.1, -0.05) is 18.5 Å². The molecule has 3 N–H and O–H groups in total. The Balaban J connectivity index is 2.13. The lowest BCUT2D eigenvalue weighted by molar-refractivity contribution is -0.00157. The Labute approximate surface area is 123 Å². The average Bonchev–Trinajstić information content (AvgIpc) is 2.47. The van der Waals surface area contributed by atoms with Crippen molar-refractivity contribution in [3.8, 4) is 0 Å². The van der Waals surface area contributed by atoms with Crippen LogP contribution in [0.15, 0.2) is 12.3 Å². The fraction of sp³-hybridized carbons (Fsp3) is 0.538. The number of halogens is 1. The Kier molecular flexibility index (Phi) is 4.80. The number of carbonyl (C=O) groups is 1. The van der Waals surface area contributed by atoms with Gasteiger partial charge in [-0.15, -0.1) is 0 Å². The van der Waals surface area contributed by atoms with Crippen molar-refractivity contribution in [3.63, 3.8) is 0 Å². The number of anilines is 1. The van der Waals surface area contributed by atoms with Crippen LogP contribution in [0.2, 0.25) is 5.02 Å². The summed E-state index contributed by atoms with van der Waals surface area (Å²) in [6.07, 6.45) is 2.47. The second-order valence-corrected chi connectivity index (χ2v) is 5.40. The van der Waals surface area contributed by atoms with Crippen molar-refractivity contribution in [2.24, 2.45) is 11.8 Å². The van der Waals surface area contributed by atoms with Gasteiger partial charge in [0.2, 0.25) is 0 Å². The summed E-state index contributed by atoms with van der Waals surface area (Å²) in [5, 5.41) is 0.326. The van der Waals surface area contributed by atoms with Gasteiger partial charge in [0, 0.05) is 26.4 Å². The maximum absolute atomic E-state index is 12.4. The molecule has 1 aromatic rings. The maximum atomic E-state index is 12.4. The summed E-state index contributed by atoms with van der Waals surface area (Å²) >= 11 is 5.99. The third kappa shape index (κ3) is 3.03. The van der Waals surface area contributed by atoms with Crippen LogP contribution >= 0.6 is 11.6 Å². The third-order valence-electron chi connectivity index (χ3n) is 3.70. The number of carbonyl (C=O) groups excluding carboxylic acids is 1. The van der Waals surface area contributed by atoms with Crippen LogP contribution in [-0.2, 0) is 4.74 Å². The Morgan fingerprint density at radius 3 is 3.00 bits per heavy atom. The number of rotatable bonds is 3. The van der Waals surface area contributed by atoms with E-state index in [2.05, 4.69) is 17.3 Å². The van der Waals surface area contributed by atoms with Crippen LogP contribution in [0.1, 0.15) is 23.7 Å². The molecule has 6 nitrogen and oxygen atoms in total. The molecule has 1 aliphatic heterocycles. The highest BCUT2D eigenvalue weighted by atomic mass is 35.5. The predicted molar refractivity (Wildman–Crippen MR) is 77.5 cm³/mol. The number of aromatic nitrogens is 1. The van der Waals surface area contributed by atoms with Gasteiger partial charge in [-0.05, 0) is 18.4 Å². The molecule has 2 heterocycles. The Bertz CT molecular complexity index is 497. The molecule has 0 spiro atoms. The molecule has 0 radical (unpaired) electrons. The van der Waals surface area contributed by atoms with Gasteiger partial charge in [-0.25, -0.2) is 10.8 Å². The lowest BCUT2D eigenvalue weighted by atomic mass is 9.95. The highest BCUT2D eigenvalue weighted by Gasteiger charge is 2.29. The summed E-state index contributed by atoms with van der Waals surface area (Å²) < 4.78 is 5.42. The molecule has 1 amide bonds. The van der Waals surface area contributed by atoms with E-state index in [0.29, 0.717) is 35.4 Å².